The quantitative estimate of drug-likeness (QED) is 0.808. The van der Waals surface area contributed by atoms with Crippen LogP contribution in [0.15, 0.2) is 18.2 Å². The zero-order valence-corrected chi connectivity index (χ0v) is 9.74. The molecule has 4 rings (SSSR count). The standard InChI is InChI=1S/C13H14O5/c14-13-9-5-15-12(8(9)4-16-13)7-1-2-10-11(3-7)18-6-17-10/h1-3,8-9,12-14H,4-6H2/t8-,9-,12+,13-/m0/s1. The molecule has 0 unspecified atom stereocenters. The Labute approximate surface area is 104 Å². The summed E-state index contributed by atoms with van der Waals surface area (Å²) in [4.78, 5) is 0. The molecule has 3 aliphatic rings. The van der Waals surface area contributed by atoms with Gasteiger partial charge in [0.25, 0.3) is 0 Å². The van der Waals surface area contributed by atoms with Gasteiger partial charge in [0, 0.05) is 11.8 Å². The Morgan fingerprint density at radius 1 is 1.00 bits per heavy atom. The second-order valence-corrected chi connectivity index (χ2v) is 4.92. The molecule has 0 spiro atoms. The average molecular weight is 250 g/mol. The number of hydrogen-bond acceptors (Lipinski definition) is 5. The number of ether oxygens (including phenoxy) is 4. The molecule has 0 radical (unpaired) electrons. The molecular formula is C13H14O5. The third-order valence-electron chi connectivity index (χ3n) is 3.96. The molecular weight excluding hydrogens is 236 g/mol. The van der Waals surface area contributed by atoms with Crippen molar-refractivity contribution in [2.75, 3.05) is 20.0 Å². The van der Waals surface area contributed by atoms with Crippen molar-refractivity contribution >= 4 is 0 Å². The summed E-state index contributed by atoms with van der Waals surface area (Å²) in [6, 6.07) is 5.85. The molecule has 0 aromatic heterocycles. The highest BCUT2D eigenvalue weighted by atomic mass is 16.7. The number of rotatable bonds is 1. The monoisotopic (exact) mass is 250 g/mol. The maximum atomic E-state index is 9.67. The van der Waals surface area contributed by atoms with Crippen molar-refractivity contribution in [2.24, 2.45) is 11.8 Å². The molecule has 5 nitrogen and oxygen atoms in total. The molecule has 3 aliphatic heterocycles. The Bertz CT molecular complexity index is 474. The lowest BCUT2D eigenvalue weighted by molar-refractivity contribution is -0.0961. The predicted molar refractivity (Wildman–Crippen MR) is 60.2 cm³/mol. The fourth-order valence-corrected chi connectivity index (χ4v) is 2.96. The lowest BCUT2D eigenvalue weighted by Crippen LogP contribution is -2.19. The van der Waals surface area contributed by atoms with Crippen LogP contribution in [-0.2, 0) is 9.47 Å². The summed E-state index contributed by atoms with van der Waals surface area (Å²) >= 11 is 0. The minimum absolute atomic E-state index is 0.0263. The summed E-state index contributed by atoms with van der Waals surface area (Å²) in [7, 11) is 0. The molecule has 0 amide bonds. The molecule has 0 aliphatic carbocycles. The molecule has 1 aromatic carbocycles. The molecule has 18 heavy (non-hydrogen) atoms. The summed E-state index contributed by atoms with van der Waals surface area (Å²) in [5.74, 6) is 1.84. The summed E-state index contributed by atoms with van der Waals surface area (Å²) in [5, 5.41) is 9.67. The van der Waals surface area contributed by atoms with E-state index in [1.807, 2.05) is 18.2 Å². The highest BCUT2D eigenvalue weighted by molar-refractivity contribution is 5.45. The van der Waals surface area contributed by atoms with Gasteiger partial charge >= 0.3 is 0 Å². The van der Waals surface area contributed by atoms with E-state index >= 15 is 0 Å². The zero-order valence-electron chi connectivity index (χ0n) is 9.74. The number of aliphatic hydroxyl groups is 1. The minimum Gasteiger partial charge on any atom is -0.454 e. The first-order valence-corrected chi connectivity index (χ1v) is 6.14. The van der Waals surface area contributed by atoms with Gasteiger partial charge in [-0.2, -0.15) is 0 Å². The van der Waals surface area contributed by atoms with Gasteiger partial charge in [-0.05, 0) is 17.7 Å². The summed E-state index contributed by atoms with van der Waals surface area (Å²) in [5.41, 5.74) is 1.06. The van der Waals surface area contributed by atoms with Gasteiger partial charge in [-0.25, -0.2) is 0 Å². The Kier molecular flexibility index (Phi) is 2.27. The van der Waals surface area contributed by atoms with Crippen LogP contribution >= 0.6 is 0 Å². The first-order chi connectivity index (χ1) is 8.83. The second kappa shape index (κ2) is 3.85. The molecule has 96 valence electrons. The number of benzene rings is 1. The fraction of sp³-hybridized carbons (Fsp3) is 0.538. The van der Waals surface area contributed by atoms with E-state index in [0.29, 0.717) is 13.2 Å². The lowest BCUT2D eigenvalue weighted by Gasteiger charge is -2.16. The predicted octanol–water partition coefficient (Wildman–Crippen LogP) is 1.07. The van der Waals surface area contributed by atoms with Crippen LogP contribution in [0.5, 0.6) is 11.5 Å². The molecule has 1 N–H and O–H groups in total. The van der Waals surface area contributed by atoms with Gasteiger partial charge in [-0.15, -0.1) is 0 Å². The minimum atomic E-state index is -0.686. The summed E-state index contributed by atoms with van der Waals surface area (Å²) in [6.07, 6.45) is -0.712. The van der Waals surface area contributed by atoms with Crippen LogP contribution in [0.1, 0.15) is 11.7 Å². The summed E-state index contributed by atoms with van der Waals surface area (Å²) < 4.78 is 21.7. The van der Waals surface area contributed by atoms with Gasteiger partial charge in [-0.1, -0.05) is 6.07 Å². The van der Waals surface area contributed by atoms with Crippen LogP contribution in [0, 0.1) is 11.8 Å². The van der Waals surface area contributed by atoms with Crippen molar-refractivity contribution in [1.29, 1.82) is 0 Å². The van der Waals surface area contributed by atoms with Crippen molar-refractivity contribution in [1.82, 2.24) is 0 Å². The van der Waals surface area contributed by atoms with E-state index in [4.69, 9.17) is 18.9 Å². The van der Waals surface area contributed by atoms with Gasteiger partial charge in [-0.3, -0.25) is 0 Å². The number of aliphatic hydroxyl groups excluding tert-OH is 1. The molecule has 5 heteroatoms. The van der Waals surface area contributed by atoms with Crippen molar-refractivity contribution in [2.45, 2.75) is 12.4 Å². The molecule has 4 atom stereocenters. The van der Waals surface area contributed by atoms with Crippen molar-refractivity contribution in [3.63, 3.8) is 0 Å². The first-order valence-electron chi connectivity index (χ1n) is 6.14. The highest BCUT2D eigenvalue weighted by Crippen LogP contribution is 2.46. The normalized spacial score (nSPS) is 36.9. The van der Waals surface area contributed by atoms with Crippen LogP contribution in [0.3, 0.4) is 0 Å². The Balaban J connectivity index is 1.64. The third kappa shape index (κ3) is 1.44. The van der Waals surface area contributed by atoms with E-state index in [0.717, 1.165) is 17.1 Å². The molecule has 3 heterocycles. The summed E-state index contributed by atoms with van der Waals surface area (Å²) in [6.45, 7) is 1.37. The number of hydrogen-bond donors (Lipinski definition) is 1. The second-order valence-electron chi connectivity index (χ2n) is 4.92. The van der Waals surface area contributed by atoms with Gasteiger partial charge in [0.15, 0.2) is 17.8 Å². The highest BCUT2D eigenvalue weighted by Gasteiger charge is 2.47. The third-order valence-corrected chi connectivity index (χ3v) is 3.96. The van der Waals surface area contributed by atoms with Gasteiger partial charge in [0.1, 0.15) is 0 Å². The van der Waals surface area contributed by atoms with E-state index in [9.17, 15) is 5.11 Å². The van der Waals surface area contributed by atoms with Crippen LogP contribution in [0.2, 0.25) is 0 Å². The Hall–Kier alpha value is -1.30. The molecule has 0 bridgehead atoms. The molecule has 2 fully saturated rings. The van der Waals surface area contributed by atoms with E-state index in [2.05, 4.69) is 0 Å². The van der Waals surface area contributed by atoms with Gasteiger partial charge < -0.3 is 24.1 Å². The average Bonchev–Trinajstić information content (AvgIpc) is 3.06. The molecule has 1 aromatic rings. The van der Waals surface area contributed by atoms with Crippen LogP contribution in [-0.4, -0.2) is 31.4 Å². The SMILES string of the molecule is O[C@H]1OC[C@H]2[C@@H]1CO[C@@H]2c1ccc2c(c1)OCO2. The Morgan fingerprint density at radius 2 is 1.83 bits per heavy atom. The van der Waals surface area contributed by atoms with E-state index in [1.54, 1.807) is 0 Å². The van der Waals surface area contributed by atoms with E-state index < -0.39 is 6.29 Å². The van der Waals surface area contributed by atoms with Crippen LogP contribution < -0.4 is 9.47 Å². The van der Waals surface area contributed by atoms with Crippen molar-refractivity contribution in [3.8, 4) is 11.5 Å². The van der Waals surface area contributed by atoms with Crippen LogP contribution in [0.4, 0.5) is 0 Å². The Morgan fingerprint density at radius 3 is 2.78 bits per heavy atom. The first kappa shape index (κ1) is 10.6. The fourth-order valence-electron chi connectivity index (χ4n) is 2.96. The van der Waals surface area contributed by atoms with Crippen LogP contribution in [0.25, 0.3) is 0 Å². The van der Waals surface area contributed by atoms with Gasteiger partial charge in [0.05, 0.1) is 19.3 Å². The lowest BCUT2D eigenvalue weighted by atomic mass is 9.89. The molecule has 0 saturated carbocycles. The largest absolute Gasteiger partial charge is 0.454 e. The smallest absolute Gasteiger partial charge is 0.231 e. The van der Waals surface area contributed by atoms with Crippen molar-refractivity contribution in [3.05, 3.63) is 23.8 Å². The topological polar surface area (TPSA) is 57.2 Å². The van der Waals surface area contributed by atoms with Crippen molar-refractivity contribution < 1.29 is 24.1 Å². The van der Waals surface area contributed by atoms with E-state index in [-0.39, 0.29) is 24.7 Å². The maximum absolute atomic E-state index is 9.67. The number of fused-ring (bicyclic) bond motifs is 2. The molecule has 2 saturated heterocycles. The maximum Gasteiger partial charge on any atom is 0.231 e. The van der Waals surface area contributed by atoms with Gasteiger partial charge in [0.2, 0.25) is 6.79 Å². The zero-order chi connectivity index (χ0) is 12.1. The van der Waals surface area contributed by atoms with E-state index in [1.165, 1.54) is 0 Å².